The quantitative estimate of drug-likeness (QED) is 0.696. The number of aliphatic hydroxyl groups is 1. The molecule has 1 fully saturated rings. The summed E-state index contributed by atoms with van der Waals surface area (Å²) in [6.07, 6.45) is 2.09. The van der Waals surface area contributed by atoms with Crippen molar-refractivity contribution >= 4 is 17.5 Å². The molecule has 1 aromatic carbocycles. The lowest BCUT2D eigenvalue weighted by Gasteiger charge is -2.10. The Bertz CT molecular complexity index is 576. The van der Waals surface area contributed by atoms with E-state index in [-0.39, 0.29) is 6.54 Å². The molecule has 1 saturated carbocycles. The number of nitrogens with zero attached hydrogens (tertiary/aromatic N) is 1. The highest BCUT2D eigenvalue weighted by molar-refractivity contribution is 6.39. The molecule has 6 nitrogen and oxygen atoms in total. The maximum atomic E-state index is 11.7. The van der Waals surface area contributed by atoms with Gasteiger partial charge in [-0.1, -0.05) is 12.1 Å². The molecular formula is C15H17N3O3. The van der Waals surface area contributed by atoms with E-state index in [0.717, 1.165) is 12.8 Å². The lowest BCUT2D eigenvalue weighted by molar-refractivity contribution is -0.136. The summed E-state index contributed by atoms with van der Waals surface area (Å²) in [7, 11) is 0. The summed E-state index contributed by atoms with van der Waals surface area (Å²) in [6.45, 7) is 0.254. The molecule has 1 aromatic rings. The second-order valence-electron chi connectivity index (χ2n) is 5.06. The van der Waals surface area contributed by atoms with Gasteiger partial charge in [0.25, 0.3) is 0 Å². The topological polar surface area (TPSA) is 102 Å². The first-order valence-corrected chi connectivity index (χ1v) is 6.88. The average Bonchev–Trinajstić information content (AvgIpc) is 3.32. The van der Waals surface area contributed by atoms with Crippen LogP contribution in [0.1, 0.15) is 24.8 Å². The predicted molar refractivity (Wildman–Crippen MR) is 76.1 cm³/mol. The summed E-state index contributed by atoms with van der Waals surface area (Å²) >= 11 is 0. The highest BCUT2D eigenvalue weighted by Gasteiger charge is 2.29. The number of rotatable bonds is 5. The Labute approximate surface area is 122 Å². The van der Waals surface area contributed by atoms with E-state index in [1.165, 1.54) is 0 Å². The molecule has 21 heavy (non-hydrogen) atoms. The molecule has 0 radical (unpaired) electrons. The van der Waals surface area contributed by atoms with Crippen molar-refractivity contribution in [3.05, 3.63) is 29.8 Å². The van der Waals surface area contributed by atoms with Gasteiger partial charge in [0, 0.05) is 6.54 Å². The average molecular weight is 287 g/mol. The third kappa shape index (κ3) is 4.29. The predicted octanol–water partition coefficient (Wildman–Crippen LogP) is 0.774. The molecule has 0 bridgehead atoms. The number of carbonyl (C=O) groups is 2. The van der Waals surface area contributed by atoms with Gasteiger partial charge in [0.15, 0.2) is 0 Å². The van der Waals surface area contributed by atoms with E-state index in [1.807, 2.05) is 6.07 Å². The molecule has 0 unspecified atom stereocenters. The van der Waals surface area contributed by atoms with Crippen LogP contribution in [0, 0.1) is 17.2 Å². The van der Waals surface area contributed by atoms with E-state index >= 15 is 0 Å². The number of hydrogen-bond donors (Lipinski definition) is 3. The monoisotopic (exact) mass is 287 g/mol. The Hall–Kier alpha value is -2.39. The molecule has 0 aromatic heterocycles. The normalized spacial score (nSPS) is 14.9. The summed E-state index contributed by atoms with van der Waals surface area (Å²) in [5.41, 5.74) is 0.598. The summed E-state index contributed by atoms with van der Waals surface area (Å²) in [5, 5.41) is 23.4. The fourth-order valence-corrected chi connectivity index (χ4v) is 2.00. The molecule has 0 aliphatic heterocycles. The fourth-order valence-electron chi connectivity index (χ4n) is 2.00. The van der Waals surface area contributed by atoms with Gasteiger partial charge >= 0.3 is 11.8 Å². The van der Waals surface area contributed by atoms with E-state index in [0.29, 0.717) is 23.6 Å². The van der Waals surface area contributed by atoms with Crippen LogP contribution in [0.3, 0.4) is 0 Å². The van der Waals surface area contributed by atoms with Crippen molar-refractivity contribution in [1.29, 1.82) is 5.26 Å². The molecule has 1 aliphatic carbocycles. The van der Waals surface area contributed by atoms with E-state index in [2.05, 4.69) is 10.6 Å². The Balaban J connectivity index is 1.79. The maximum absolute atomic E-state index is 11.7. The number of carbonyl (C=O) groups excluding carboxylic acids is 2. The molecule has 0 saturated heterocycles. The second kappa shape index (κ2) is 6.86. The Morgan fingerprint density at radius 1 is 1.33 bits per heavy atom. The van der Waals surface area contributed by atoms with Crippen molar-refractivity contribution in [3.8, 4) is 6.07 Å². The fraction of sp³-hybridized carbons (Fsp3) is 0.400. The van der Waals surface area contributed by atoms with Gasteiger partial charge in [-0.3, -0.25) is 9.59 Å². The van der Waals surface area contributed by atoms with Crippen molar-refractivity contribution in [2.75, 3.05) is 11.9 Å². The first-order valence-electron chi connectivity index (χ1n) is 6.88. The van der Waals surface area contributed by atoms with Gasteiger partial charge in [0.05, 0.1) is 17.4 Å². The van der Waals surface area contributed by atoms with E-state index in [9.17, 15) is 14.7 Å². The summed E-state index contributed by atoms with van der Waals surface area (Å²) in [6, 6.07) is 8.39. The zero-order valence-corrected chi connectivity index (χ0v) is 11.5. The van der Waals surface area contributed by atoms with Gasteiger partial charge < -0.3 is 15.7 Å². The SMILES string of the molecule is N#Cc1ccccc1NC(=O)C(=O)NCC[C@@H](O)C1CC1. The van der Waals surface area contributed by atoms with Gasteiger partial charge in [0.2, 0.25) is 0 Å². The zero-order valence-electron chi connectivity index (χ0n) is 11.5. The van der Waals surface area contributed by atoms with Crippen molar-refractivity contribution in [1.82, 2.24) is 5.32 Å². The van der Waals surface area contributed by atoms with Gasteiger partial charge in [-0.2, -0.15) is 5.26 Å². The number of nitriles is 1. The maximum Gasteiger partial charge on any atom is 0.313 e. The number of hydrogen-bond acceptors (Lipinski definition) is 4. The van der Waals surface area contributed by atoms with Crippen molar-refractivity contribution in [2.45, 2.75) is 25.4 Å². The molecule has 110 valence electrons. The minimum atomic E-state index is -0.821. The number of anilines is 1. The number of benzene rings is 1. The molecule has 3 N–H and O–H groups in total. The third-order valence-electron chi connectivity index (χ3n) is 3.39. The van der Waals surface area contributed by atoms with Crippen LogP contribution in [0.4, 0.5) is 5.69 Å². The summed E-state index contributed by atoms with van der Waals surface area (Å²) < 4.78 is 0. The van der Waals surface area contributed by atoms with Crippen LogP contribution in [0.25, 0.3) is 0 Å². The van der Waals surface area contributed by atoms with Crippen molar-refractivity contribution in [3.63, 3.8) is 0 Å². The number of amides is 2. The Morgan fingerprint density at radius 3 is 2.71 bits per heavy atom. The Morgan fingerprint density at radius 2 is 2.05 bits per heavy atom. The lowest BCUT2D eigenvalue weighted by atomic mass is 10.1. The molecule has 1 aliphatic rings. The highest BCUT2D eigenvalue weighted by Crippen LogP contribution is 2.33. The molecule has 6 heteroatoms. The van der Waals surface area contributed by atoms with Crippen LogP contribution in [0.2, 0.25) is 0 Å². The molecular weight excluding hydrogens is 270 g/mol. The van der Waals surface area contributed by atoms with Crippen molar-refractivity contribution in [2.24, 2.45) is 5.92 Å². The molecule has 0 heterocycles. The number of para-hydroxylation sites is 1. The van der Waals surface area contributed by atoms with Crippen LogP contribution >= 0.6 is 0 Å². The van der Waals surface area contributed by atoms with Crippen molar-refractivity contribution < 1.29 is 14.7 Å². The lowest BCUT2D eigenvalue weighted by Crippen LogP contribution is -2.37. The second-order valence-corrected chi connectivity index (χ2v) is 5.06. The van der Waals surface area contributed by atoms with Gasteiger partial charge in [-0.25, -0.2) is 0 Å². The van der Waals surface area contributed by atoms with Gasteiger partial charge in [-0.05, 0) is 37.3 Å². The van der Waals surface area contributed by atoms with Crippen LogP contribution in [-0.4, -0.2) is 29.6 Å². The van der Waals surface area contributed by atoms with Crippen LogP contribution < -0.4 is 10.6 Å². The number of aliphatic hydroxyl groups excluding tert-OH is 1. The van der Waals surface area contributed by atoms with E-state index < -0.39 is 17.9 Å². The summed E-state index contributed by atoms with van der Waals surface area (Å²) in [4.78, 5) is 23.3. The summed E-state index contributed by atoms with van der Waals surface area (Å²) in [5.74, 6) is -1.25. The minimum absolute atomic E-state index is 0.254. The minimum Gasteiger partial charge on any atom is -0.393 e. The van der Waals surface area contributed by atoms with Crippen LogP contribution in [0.15, 0.2) is 24.3 Å². The zero-order chi connectivity index (χ0) is 15.2. The smallest absolute Gasteiger partial charge is 0.313 e. The standard InChI is InChI=1S/C15H17N3O3/c16-9-11-3-1-2-4-12(11)18-15(21)14(20)17-8-7-13(19)10-5-6-10/h1-4,10,13,19H,5-8H2,(H,17,20)(H,18,21)/t13-/m1/s1. The highest BCUT2D eigenvalue weighted by atomic mass is 16.3. The van der Waals surface area contributed by atoms with Gasteiger partial charge in [0.1, 0.15) is 6.07 Å². The molecule has 1 atom stereocenters. The first-order chi connectivity index (χ1) is 10.1. The first kappa shape index (κ1) is 15.0. The van der Waals surface area contributed by atoms with Crippen LogP contribution in [0.5, 0.6) is 0 Å². The number of nitrogens with one attached hydrogen (secondary N) is 2. The Kier molecular flexibility index (Phi) is 4.90. The van der Waals surface area contributed by atoms with E-state index in [4.69, 9.17) is 5.26 Å². The van der Waals surface area contributed by atoms with Crippen LogP contribution in [-0.2, 0) is 9.59 Å². The molecule has 0 spiro atoms. The molecule has 2 rings (SSSR count). The largest absolute Gasteiger partial charge is 0.393 e. The third-order valence-corrected chi connectivity index (χ3v) is 3.39. The van der Waals surface area contributed by atoms with E-state index in [1.54, 1.807) is 24.3 Å². The van der Waals surface area contributed by atoms with Gasteiger partial charge in [-0.15, -0.1) is 0 Å². The molecule has 2 amide bonds.